The zero-order chi connectivity index (χ0) is 15.4. The van der Waals surface area contributed by atoms with Crippen molar-refractivity contribution in [3.8, 4) is 11.8 Å². The summed E-state index contributed by atoms with van der Waals surface area (Å²) in [5.74, 6) is 0.135. The second-order valence-corrected chi connectivity index (χ2v) is 5.39. The smallest absolute Gasteiger partial charge is 0.274 e. The molecule has 2 N–H and O–H groups in total. The molecule has 7 heteroatoms. The highest BCUT2D eigenvalue weighted by Crippen LogP contribution is 2.27. The maximum atomic E-state index is 12.2. The fraction of sp³-hybridized carbons (Fsp3) is 0.214. The molecule has 0 saturated heterocycles. The summed E-state index contributed by atoms with van der Waals surface area (Å²) in [5.41, 5.74) is 1.17. The van der Waals surface area contributed by atoms with E-state index < -0.39 is 0 Å². The third-order valence-corrected chi connectivity index (χ3v) is 3.14. The van der Waals surface area contributed by atoms with Gasteiger partial charge in [0, 0.05) is 0 Å². The molecule has 0 aliphatic carbocycles. The van der Waals surface area contributed by atoms with Crippen molar-refractivity contribution in [3.63, 3.8) is 0 Å². The number of carbonyl (C=O) groups is 1. The van der Waals surface area contributed by atoms with Gasteiger partial charge in [0.1, 0.15) is 11.4 Å². The van der Waals surface area contributed by atoms with Gasteiger partial charge in [-0.3, -0.25) is 9.89 Å². The standard InChI is InChI=1S/C14H13BrN4O2/c1-8(2)21-12-4-3-9(6-16)5-11(12)18-14(20)13-10(15)7-17-19-13/h3-5,7-8H,1-2H3,(H,17,19)(H,18,20). The number of benzene rings is 1. The lowest BCUT2D eigenvalue weighted by molar-refractivity contribution is 0.102. The van der Waals surface area contributed by atoms with Crippen molar-refractivity contribution >= 4 is 27.5 Å². The summed E-state index contributed by atoms with van der Waals surface area (Å²) in [5, 5.41) is 18.1. The number of amides is 1. The number of rotatable bonds is 4. The molecule has 108 valence electrons. The Morgan fingerprint density at radius 2 is 2.29 bits per heavy atom. The Hall–Kier alpha value is -2.33. The molecule has 1 aromatic carbocycles. The number of hydrogen-bond acceptors (Lipinski definition) is 4. The van der Waals surface area contributed by atoms with Gasteiger partial charge in [-0.25, -0.2) is 0 Å². The van der Waals surface area contributed by atoms with Crippen LogP contribution < -0.4 is 10.1 Å². The number of nitrogens with one attached hydrogen (secondary N) is 2. The highest BCUT2D eigenvalue weighted by atomic mass is 79.9. The van der Waals surface area contributed by atoms with E-state index in [-0.39, 0.29) is 12.0 Å². The van der Waals surface area contributed by atoms with Crippen molar-refractivity contribution in [1.29, 1.82) is 5.26 Å². The molecule has 6 nitrogen and oxygen atoms in total. The van der Waals surface area contributed by atoms with Gasteiger partial charge in [-0.2, -0.15) is 10.4 Å². The number of hydrogen-bond donors (Lipinski definition) is 2. The van der Waals surface area contributed by atoms with E-state index in [0.717, 1.165) is 0 Å². The Bertz CT molecular complexity index is 703. The van der Waals surface area contributed by atoms with E-state index in [2.05, 4.69) is 31.4 Å². The molecule has 1 amide bonds. The van der Waals surface area contributed by atoms with Gasteiger partial charge in [-0.1, -0.05) is 0 Å². The van der Waals surface area contributed by atoms with Gasteiger partial charge in [-0.15, -0.1) is 0 Å². The lowest BCUT2D eigenvalue weighted by atomic mass is 10.2. The van der Waals surface area contributed by atoms with Crippen molar-refractivity contribution in [2.24, 2.45) is 0 Å². The number of carbonyl (C=O) groups excluding carboxylic acids is 1. The molecule has 0 unspecified atom stereocenters. The third kappa shape index (κ3) is 3.61. The first-order valence-electron chi connectivity index (χ1n) is 6.22. The van der Waals surface area contributed by atoms with Crippen LogP contribution in [0.15, 0.2) is 28.9 Å². The summed E-state index contributed by atoms with van der Waals surface area (Å²) in [4.78, 5) is 12.2. The molecule has 1 aromatic heterocycles. The Morgan fingerprint density at radius 3 is 2.86 bits per heavy atom. The average molecular weight is 349 g/mol. The maximum Gasteiger partial charge on any atom is 0.274 e. The predicted octanol–water partition coefficient (Wildman–Crippen LogP) is 3.08. The SMILES string of the molecule is CC(C)Oc1ccc(C#N)cc1NC(=O)c1[nH]ncc1Br. The number of H-pyrrole nitrogens is 1. The first-order valence-corrected chi connectivity index (χ1v) is 7.01. The van der Waals surface area contributed by atoms with Crippen LogP contribution in [0, 0.1) is 11.3 Å². The van der Waals surface area contributed by atoms with Crippen LogP contribution in [0.3, 0.4) is 0 Å². The number of halogens is 1. The number of anilines is 1. The number of ether oxygens (including phenoxy) is 1. The van der Waals surface area contributed by atoms with Gasteiger partial charge < -0.3 is 10.1 Å². The highest BCUT2D eigenvalue weighted by Gasteiger charge is 2.15. The molecule has 0 atom stereocenters. The summed E-state index contributed by atoms with van der Waals surface area (Å²) >= 11 is 3.23. The summed E-state index contributed by atoms with van der Waals surface area (Å²) < 4.78 is 6.19. The van der Waals surface area contributed by atoms with Gasteiger partial charge in [-0.05, 0) is 48.0 Å². The molecule has 0 saturated carbocycles. The summed E-state index contributed by atoms with van der Waals surface area (Å²) in [7, 11) is 0. The molecule has 2 aromatic rings. The van der Waals surface area contributed by atoms with Crippen LogP contribution in [0.25, 0.3) is 0 Å². The molecule has 1 heterocycles. The molecular formula is C14H13BrN4O2. The molecule has 0 aliphatic heterocycles. The highest BCUT2D eigenvalue weighted by molar-refractivity contribution is 9.10. The quantitative estimate of drug-likeness (QED) is 0.887. The van der Waals surface area contributed by atoms with Crippen molar-refractivity contribution in [1.82, 2.24) is 10.2 Å². The van der Waals surface area contributed by atoms with Gasteiger partial charge in [0.2, 0.25) is 0 Å². The van der Waals surface area contributed by atoms with Crippen molar-refractivity contribution < 1.29 is 9.53 Å². The first kappa shape index (κ1) is 15.1. The average Bonchev–Trinajstić information content (AvgIpc) is 2.86. The van der Waals surface area contributed by atoms with Crippen LogP contribution in [0.5, 0.6) is 5.75 Å². The fourth-order valence-electron chi connectivity index (χ4n) is 1.67. The molecule has 0 fully saturated rings. The second kappa shape index (κ2) is 6.41. The van der Waals surface area contributed by atoms with Crippen LogP contribution in [-0.4, -0.2) is 22.2 Å². The zero-order valence-electron chi connectivity index (χ0n) is 11.5. The predicted molar refractivity (Wildman–Crippen MR) is 81.2 cm³/mol. The van der Waals surface area contributed by atoms with Crippen LogP contribution in [0.2, 0.25) is 0 Å². The maximum absolute atomic E-state index is 12.2. The molecule has 21 heavy (non-hydrogen) atoms. The van der Waals surface area contributed by atoms with Crippen molar-refractivity contribution in [2.45, 2.75) is 20.0 Å². The van der Waals surface area contributed by atoms with E-state index in [1.54, 1.807) is 18.2 Å². The summed E-state index contributed by atoms with van der Waals surface area (Å²) in [6.45, 7) is 3.77. The Balaban J connectivity index is 2.31. The number of aromatic nitrogens is 2. The fourth-order valence-corrected chi connectivity index (χ4v) is 2.04. The lowest BCUT2D eigenvalue weighted by Gasteiger charge is -2.15. The van der Waals surface area contributed by atoms with E-state index in [1.807, 2.05) is 19.9 Å². The lowest BCUT2D eigenvalue weighted by Crippen LogP contribution is -2.15. The van der Waals surface area contributed by atoms with Gasteiger partial charge in [0.15, 0.2) is 0 Å². The van der Waals surface area contributed by atoms with Crippen molar-refractivity contribution in [2.75, 3.05) is 5.32 Å². The minimum absolute atomic E-state index is 0.0486. The molecule has 0 spiro atoms. The molecule has 0 bridgehead atoms. The number of aromatic amines is 1. The topological polar surface area (TPSA) is 90.8 Å². The van der Waals surface area contributed by atoms with Gasteiger partial charge >= 0.3 is 0 Å². The summed E-state index contributed by atoms with van der Waals surface area (Å²) in [6, 6.07) is 6.90. The first-order chi connectivity index (χ1) is 10.0. The molecule has 0 radical (unpaired) electrons. The van der Waals surface area contributed by atoms with Crippen LogP contribution >= 0.6 is 15.9 Å². The van der Waals surface area contributed by atoms with Gasteiger partial charge in [0.05, 0.1) is 34.1 Å². The van der Waals surface area contributed by atoms with E-state index in [4.69, 9.17) is 10.00 Å². The molecular weight excluding hydrogens is 336 g/mol. The number of nitrogens with zero attached hydrogens (tertiary/aromatic N) is 2. The Labute approximate surface area is 130 Å². The Kier molecular flexibility index (Phi) is 4.60. The minimum atomic E-state index is -0.372. The van der Waals surface area contributed by atoms with Crippen LogP contribution in [0.4, 0.5) is 5.69 Å². The largest absolute Gasteiger partial charge is 0.489 e. The zero-order valence-corrected chi connectivity index (χ0v) is 13.1. The van der Waals surface area contributed by atoms with Crippen LogP contribution in [0.1, 0.15) is 29.9 Å². The van der Waals surface area contributed by atoms with Gasteiger partial charge in [0.25, 0.3) is 5.91 Å². The van der Waals surface area contributed by atoms with E-state index >= 15 is 0 Å². The summed E-state index contributed by atoms with van der Waals surface area (Å²) in [6.07, 6.45) is 1.44. The van der Waals surface area contributed by atoms with E-state index in [1.165, 1.54) is 6.20 Å². The van der Waals surface area contributed by atoms with E-state index in [9.17, 15) is 4.79 Å². The minimum Gasteiger partial charge on any atom is -0.489 e. The van der Waals surface area contributed by atoms with E-state index in [0.29, 0.717) is 27.2 Å². The number of nitriles is 1. The third-order valence-electron chi connectivity index (χ3n) is 2.54. The Morgan fingerprint density at radius 1 is 1.52 bits per heavy atom. The second-order valence-electron chi connectivity index (χ2n) is 4.54. The monoisotopic (exact) mass is 348 g/mol. The molecule has 2 rings (SSSR count). The van der Waals surface area contributed by atoms with Crippen LogP contribution in [-0.2, 0) is 0 Å². The molecule has 0 aliphatic rings. The van der Waals surface area contributed by atoms with Crippen molar-refractivity contribution in [3.05, 3.63) is 40.1 Å². The normalized spacial score (nSPS) is 10.2.